The number of esters is 1. The van der Waals surface area contributed by atoms with Gasteiger partial charge in [0.25, 0.3) is 5.91 Å². The number of carbonyl (C=O) groups is 3. The van der Waals surface area contributed by atoms with Crippen LogP contribution in [0.3, 0.4) is 0 Å². The fraction of sp³-hybridized carbons (Fsp3) is 0.286. The Kier molecular flexibility index (Phi) is 7.58. The maximum Gasteiger partial charge on any atom is 0.337 e. The van der Waals surface area contributed by atoms with E-state index in [-0.39, 0.29) is 18.4 Å². The average molecular weight is 403 g/mol. The lowest BCUT2D eigenvalue weighted by Crippen LogP contribution is -2.49. The lowest BCUT2D eigenvalue weighted by Gasteiger charge is -2.22. The molecule has 2 N–H and O–H groups in total. The van der Waals surface area contributed by atoms with E-state index < -0.39 is 17.9 Å². The highest BCUT2D eigenvalue weighted by molar-refractivity contribution is 6.33. The van der Waals surface area contributed by atoms with E-state index in [0.29, 0.717) is 16.1 Å². The van der Waals surface area contributed by atoms with Crippen LogP contribution < -0.4 is 10.6 Å². The van der Waals surface area contributed by atoms with Gasteiger partial charge in [-0.2, -0.15) is 0 Å². The third-order valence-corrected chi connectivity index (χ3v) is 4.53. The fourth-order valence-corrected chi connectivity index (χ4v) is 2.80. The Bertz CT molecular complexity index is 850. The van der Waals surface area contributed by atoms with E-state index in [0.717, 1.165) is 5.56 Å². The number of rotatable bonds is 7. The molecule has 0 aliphatic heterocycles. The van der Waals surface area contributed by atoms with E-state index in [1.54, 1.807) is 48.5 Å². The Hall–Kier alpha value is -2.86. The largest absolute Gasteiger partial charge is 0.465 e. The Morgan fingerprint density at radius 1 is 1.04 bits per heavy atom. The van der Waals surface area contributed by atoms with Crippen LogP contribution in [0.1, 0.15) is 40.1 Å². The van der Waals surface area contributed by atoms with E-state index >= 15 is 0 Å². The molecule has 0 bridgehead atoms. The summed E-state index contributed by atoms with van der Waals surface area (Å²) in [4.78, 5) is 36.5. The molecular weight excluding hydrogens is 380 g/mol. The smallest absolute Gasteiger partial charge is 0.337 e. The van der Waals surface area contributed by atoms with Gasteiger partial charge in [-0.1, -0.05) is 49.7 Å². The first-order valence-corrected chi connectivity index (χ1v) is 9.21. The number of ether oxygens (including phenoxy) is 1. The number of benzene rings is 2. The van der Waals surface area contributed by atoms with E-state index in [1.165, 1.54) is 7.11 Å². The Morgan fingerprint density at radius 2 is 1.68 bits per heavy atom. The second-order valence-electron chi connectivity index (χ2n) is 6.58. The quantitative estimate of drug-likeness (QED) is 0.696. The number of methoxy groups -OCH3 is 1. The van der Waals surface area contributed by atoms with Crippen molar-refractivity contribution in [1.29, 1.82) is 0 Å². The number of hydrogen-bond donors (Lipinski definition) is 2. The van der Waals surface area contributed by atoms with Crippen LogP contribution in [0.2, 0.25) is 5.02 Å². The normalized spacial score (nSPS) is 11.6. The number of hydrogen-bond acceptors (Lipinski definition) is 4. The predicted molar refractivity (Wildman–Crippen MR) is 107 cm³/mol. The summed E-state index contributed by atoms with van der Waals surface area (Å²) in [6.45, 7) is 3.97. The molecule has 0 spiro atoms. The van der Waals surface area contributed by atoms with Crippen LogP contribution in [0, 0.1) is 5.92 Å². The molecule has 28 heavy (non-hydrogen) atoms. The van der Waals surface area contributed by atoms with Crippen LogP contribution in [0.15, 0.2) is 48.5 Å². The minimum absolute atomic E-state index is 0.117. The molecule has 0 fully saturated rings. The summed E-state index contributed by atoms with van der Waals surface area (Å²) in [5.41, 5.74) is 1.58. The van der Waals surface area contributed by atoms with Crippen molar-refractivity contribution >= 4 is 29.4 Å². The Balaban J connectivity index is 2.00. The van der Waals surface area contributed by atoms with Crippen LogP contribution in [-0.2, 0) is 16.1 Å². The molecule has 2 amide bonds. The molecule has 0 aliphatic carbocycles. The SMILES string of the molecule is COC(=O)c1ccc(CNC(=O)C(NC(=O)c2ccccc2Cl)C(C)C)cc1. The van der Waals surface area contributed by atoms with Crippen molar-refractivity contribution < 1.29 is 19.1 Å². The summed E-state index contributed by atoms with van der Waals surface area (Å²) in [5, 5.41) is 5.88. The van der Waals surface area contributed by atoms with Gasteiger partial charge in [-0.05, 0) is 35.7 Å². The summed E-state index contributed by atoms with van der Waals surface area (Å²) in [7, 11) is 1.32. The molecule has 2 aromatic carbocycles. The molecule has 148 valence electrons. The minimum Gasteiger partial charge on any atom is -0.465 e. The monoisotopic (exact) mass is 402 g/mol. The number of carbonyl (C=O) groups excluding carboxylic acids is 3. The second kappa shape index (κ2) is 9.90. The summed E-state index contributed by atoms with van der Waals surface area (Å²) < 4.78 is 4.66. The summed E-state index contributed by atoms with van der Waals surface area (Å²) >= 11 is 6.05. The third kappa shape index (κ3) is 5.57. The zero-order chi connectivity index (χ0) is 20.7. The van der Waals surface area contributed by atoms with E-state index in [2.05, 4.69) is 15.4 Å². The van der Waals surface area contributed by atoms with Gasteiger partial charge in [-0.15, -0.1) is 0 Å². The summed E-state index contributed by atoms with van der Waals surface area (Å²) in [6, 6.07) is 12.7. The third-order valence-electron chi connectivity index (χ3n) is 4.20. The van der Waals surface area contributed by atoms with Crippen molar-refractivity contribution in [3.8, 4) is 0 Å². The zero-order valence-corrected chi connectivity index (χ0v) is 16.7. The average Bonchev–Trinajstić information content (AvgIpc) is 2.69. The molecule has 1 atom stereocenters. The van der Waals surface area contributed by atoms with Crippen LogP contribution >= 0.6 is 11.6 Å². The van der Waals surface area contributed by atoms with Gasteiger partial charge in [0.15, 0.2) is 0 Å². The summed E-state index contributed by atoms with van der Waals surface area (Å²) in [5.74, 6) is -1.24. The van der Waals surface area contributed by atoms with Crippen LogP contribution in [0.25, 0.3) is 0 Å². The van der Waals surface area contributed by atoms with Crippen molar-refractivity contribution in [2.45, 2.75) is 26.4 Å². The molecule has 1 unspecified atom stereocenters. The molecule has 0 heterocycles. The highest BCUT2D eigenvalue weighted by Crippen LogP contribution is 2.15. The van der Waals surface area contributed by atoms with E-state index in [9.17, 15) is 14.4 Å². The lowest BCUT2D eigenvalue weighted by atomic mass is 10.0. The van der Waals surface area contributed by atoms with Crippen LogP contribution in [0.5, 0.6) is 0 Å². The van der Waals surface area contributed by atoms with Gasteiger partial charge in [0.2, 0.25) is 5.91 Å². The van der Waals surface area contributed by atoms with Gasteiger partial charge < -0.3 is 15.4 Å². The maximum atomic E-state index is 12.6. The number of nitrogens with one attached hydrogen (secondary N) is 2. The zero-order valence-electron chi connectivity index (χ0n) is 16.0. The molecule has 6 nitrogen and oxygen atoms in total. The molecule has 0 radical (unpaired) electrons. The molecular formula is C21H23ClN2O4. The second-order valence-corrected chi connectivity index (χ2v) is 6.99. The lowest BCUT2D eigenvalue weighted by molar-refractivity contribution is -0.124. The van der Waals surface area contributed by atoms with Crippen LogP contribution in [-0.4, -0.2) is 30.9 Å². The minimum atomic E-state index is -0.710. The number of amides is 2. The molecule has 0 aliphatic rings. The van der Waals surface area contributed by atoms with Gasteiger partial charge in [-0.25, -0.2) is 4.79 Å². The highest BCUT2D eigenvalue weighted by atomic mass is 35.5. The van der Waals surface area contributed by atoms with Crippen molar-refractivity contribution in [3.05, 3.63) is 70.2 Å². The molecule has 7 heteroatoms. The highest BCUT2D eigenvalue weighted by Gasteiger charge is 2.25. The first-order chi connectivity index (χ1) is 13.3. The van der Waals surface area contributed by atoms with Crippen molar-refractivity contribution in [2.24, 2.45) is 5.92 Å². The molecule has 0 aromatic heterocycles. The van der Waals surface area contributed by atoms with Gasteiger partial charge in [0, 0.05) is 6.54 Å². The fourth-order valence-electron chi connectivity index (χ4n) is 2.57. The van der Waals surface area contributed by atoms with Gasteiger partial charge in [0.05, 0.1) is 23.3 Å². The van der Waals surface area contributed by atoms with Gasteiger partial charge in [0.1, 0.15) is 6.04 Å². The molecule has 0 saturated heterocycles. The Labute approximate surface area is 169 Å². The van der Waals surface area contributed by atoms with E-state index in [1.807, 2.05) is 13.8 Å². The molecule has 2 aromatic rings. The molecule has 2 rings (SSSR count). The Morgan fingerprint density at radius 3 is 2.25 bits per heavy atom. The standard InChI is InChI=1S/C21H23ClN2O4/c1-13(2)18(24-19(25)16-6-4-5-7-17(16)22)20(26)23-12-14-8-10-15(11-9-14)21(27)28-3/h4-11,13,18H,12H2,1-3H3,(H,23,26)(H,24,25). The topological polar surface area (TPSA) is 84.5 Å². The maximum absolute atomic E-state index is 12.6. The molecule has 0 saturated carbocycles. The predicted octanol–water partition coefficient (Wildman–Crippen LogP) is 3.20. The first-order valence-electron chi connectivity index (χ1n) is 8.83. The van der Waals surface area contributed by atoms with Crippen molar-refractivity contribution in [1.82, 2.24) is 10.6 Å². The van der Waals surface area contributed by atoms with Crippen molar-refractivity contribution in [2.75, 3.05) is 7.11 Å². The first kappa shape index (κ1) is 21.4. The van der Waals surface area contributed by atoms with E-state index in [4.69, 9.17) is 11.6 Å². The number of halogens is 1. The van der Waals surface area contributed by atoms with Gasteiger partial charge in [-0.3, -0.25) is 9.59 Å². The van der Waals surface area contributed by atoms with Gasteiger partial charge >= 0.3 is 5.97 Å². The summed E-state index contributed by atoms with van der Waals surface area (Å²) in [6.07, 6.45) is 0. The van der Waals surface area contributed by atoms with Crippen LogP contribution in [0.4, 0.5) is 0 Å². The van der Waals surface area contributed by atoms with Crippen molar-refractivity contribution in [3.63, 3.8) is 0 Å².